The van der Waals surface area contributed by atoms with Crippen molar-refractivity contribution in [2.75, 3.05) is 6.61 Å². The molecule has 2 aromatic heterocycles. The smallest absolute Gasteiger partial charge is 0.242 e. The van der Waals surface area contributed by atoms with Crippen molar-refractivity contribution >= 4 is 65.4 Å². The van der Waals surface area contributed by atoms with Gasteiger partial charge in [-0.2, -0.15) is 11.3 Å². The molecule has 0 bridgehead atoms. The predicted octanol–water partition coefficient (Wildman–Crippen LogP) is 7.16. The third kappa shape index (κ3) is 5.51. The molecule has 5 rings (SSSR count). The SMILES string of the molecule is C[Si](C)(C)CCOCn1ccc2c(C3(c4ccsc4)CC(=O)C(Sc4ccccc4Cl)C(=O)N3)cccc21. The highest BCUT2D eigenvalue weighted by atomic mass is 35.5. The van der Waals surface area contributed by atoms with Gasteiger partial charge in [0.2, 0.25) is 5.91 Å². The number of fused-ring (bicyclic) bond motifs is 1. The number of nitrogens with zero attached hydrogens (tertiary/aromatic N) is 1. The summed E-state index contributed by atoms with van der Waals surface area (Å²) in [7, 11) is -1.17. The second kappa shape index (κ2) is 11.0. The van der Waals surface area contributed by atoms with Gasteiger partial charge in [-0.15, -0.1) is 11.8 Å². The van der Waals surface area contributed by atoms with Gasteiger partial charge in [-0.3, -0.25) is 9.59 Å². The number of Topliss-reactive ketones (excluding diaryl/α,β-unsaturated/α-hetero) is 1. The number of amides is 1. The van der Waals surface area contributed by atoms with E-state index in [-0.39, 0.29) is 18.1 Å². The van der Waals surface area contributed by atoms with Crippen molar-refractivity contribution in [3.8, 4) is 0 Å². The van der Waals surface area contributed by atoms with Crippen LogP contribution in [-0.4, -0.2) is 36.2 Å². The number of thiophene rings is 1. The zero-order valence-electron chi connectivity index (χ0n) is 21.7. The third-order valence-corrected chi connectivity index (χ3v) is 11.1. The fraction of sp³-hybridized carbons (Fsp3) is 0.310. The fourth-order valence-electron chi connectivity index (χ4n) is 4.86. The number of carbonyl (C=O) groups is 2. The van der Waals surface area contributed by atoms with Crippen LogP contribution in [-0.2, 0) is 26.6 Å². The molecule has 1 aliphatic heterocycles. The average molecular weight is 583 g/mol. The first kappa shape index (κ1) is 27.2. The van der Waals surface area contributed by atoms with Gasteiger partial charge in [0.1, 0.15) is 12.0 Å². The van der Waals surface area contributed by atoms with E-state index in [1.807, 2.05) is 53.4 Å². The van der Waals surface area contributed by atoms with E-state index in [2.05, 4.69) is 41.7 Å². The molecule has 198 valence electrons. The molecule has 1 saturated heterocycles. The van der Waals surface area contributed by atoms with Crippen molar-refractivity contribution in [1.82, 2.24) is 9.88 Å². The lowest BCUT2D eigenvalue weighted by Crippen LogP contribution is -2.58. The second-order valence-electron chi connectivity index (χ2n) is 10.8. The molecule has 0 aliphatic carbocycles. The molecule has 0 saturated carbocycles. The van der Waals surface area contributed by atoms with Gasteiger partial charge in [0.15, 0.2) is 5.78 Å². The molecule has 1 N–H and O–H groups in total. The number of thioether (sulfide) groups is 1. The van der Waals surface area contributed by atoms with Crippen molar-refractivity contribution in [2.45, 2.75) is 54.5 Å². The van der Waals surface area contributed by atoms with Gasteiger partial charge >= 0.3 is 0 Å². The van der Waals surface area contributed by atoms with Crippen LogP contribution in [0.3, 0.4) is 0 Å². The first-order chi connectivity index (χ1) is 18.2. The van der Waals surface area contributed by atoms with Gasteiger partial charge < -0.3 is 14.6 Å². The van der Waals surface area contributed by atoms with E-state index < -0.39 is 18.9 Å². The summed E-state index contributed by atoms with van der Waals surface area (Å²) in [5.41, 5.74) is 1.89. The van der Waals surface area contributed by atoms with Gasteiger partial charge in [0, 0.05) is 37.6 Å². The Hall–Kier alpha value is -2.36. The number of hydrogen-bond donors (Lipinski definition) is 1. The molecule has 9 heteroatoms. The molecule has 5 nitrogen and oxygen atoms in total. The van der Waals surface area contributed by atoms with Crippen molar-refractivity contribution < 1.29 is 14.3 Å². The Kier molecular flexibility index (Phi) is 7.89. The largest absolute Gasteiger partial charge is 0.361 e. The topological polar surface area (TPSA) is 60.3 Å². The van der Waals surface area contributed by atoms with Crippen LogP contribution in [0.5, 0.6) is 0 Å². The summed E-state index contributed by atoms with van der Waals surface area (Å²) < 4.78 is 8.11. The van der Waals surface area contributed by atoms with E-state index in [9.17, 15) is 9.59 Å². The van der Waals surface area contributed by atoms with E-state index in [1.165, 1.54) is 11.8 Å². The summed E-state index contributed by atoms with van der Waals surface area (Å²) in [5, 5.41) is 7.96. The minimum atomic E-state index is -1.17. The Bertz CT molecular complexity index is 1440. The Morgan fingerprint density at radius 1 is 1.13 bits per heavy atom. The van der Waals surface area contributed by atoms with Crippen LogP contribution >= 0.6 is 34.7 Å². The maximum atomic E-state index is 13.7. The van der Waals surface area contributed by atoms with Crippen LogP contribution in [0.4, 0.5) is 0 Å². The number of rotatable bonds is 9. The first-order valence-electron chi connectivity index (χ1n) is 12.6. The third-order valence-electron chi connectivity index (χ3n) is 6.90. The highest BCUT2D eigenvalue weighted by molar-refractivity contribution is 8.01. The van der Waals surface area contributed by atoms with Crippen LogP contribution in [0.15, 0.2) is 76.4 Å². The van der Waals surface area contributed by atoms with Gasteiger partial charge in [-0.25, -0.2) is 0 Å². The highest BCUT2D eigenvalue weighted by Gasteiger charge is 2.48. The molecule has 1 fully saturated rings. The number of benzene rings is 2. The maximum Gasteiger partial charge on any atom is 0.242 e. The van der Waals surface area contributed by atoms with Crippen LogP contribution in [0.2, 0.25) is 30.7 Å². The molecule has 0 spiro atoms. The summed E-state index contributed by atoms with van der Waals surface area (Å²) in [6.45, 7) is 8.23. The molecule has 4 aromatic rings. The molecular weight excluding hydrogens is 552 g/mol. The highest BCUT2D eigenvalue weighted by Crippen LogP contribution is 2.43. The predicted molar refractivity (Wildman–Crippen MR) is 160 cm³/mol. The number of carbonyl (C=O) groups excluding carboxylic acids is 2. The summed E-state index contributed by atoms with van der Waals surface area (Å²) in [4.78, 5) is 28.0. The van der Waals surface area contributed by atoms with Crippen LogP contribution < -0.4 is 5.32 Å². The van der Waals surface area contributed by atoms with E-state index in [0.717, 1.165) is 39.6 Å². The quantitative estimate of drug-likeness (QED) is 0.129. The Labute approximate surface area is 237 Å². The summed E-state index contributed by atoms with van der Waals surface area (Å²) in [5.74, 6) is -0.417. The molecule has 1 aliphatic rings. The monoisotopic (exact) mass is 582 g/mol. The Balaban J connectivity index is 1.47. The zero-order valence-corrected chi connectivity index (χ0v) is 25.1. The normalized spacial score (nSPS) is 20.2. The average Bonchev–Trinajstić information content (AvgIpc) is 3.55. The number of ketones is 1. The number of aromatic nitrogens is 1. The standard InChI is InChI=1S/C29H31ClN2O3S2Si/c1-38(2,3)16-14-35-19-32-13-11-21-22(7-6-9-24(21)32)29(20-12-15-36-18-20)17-25(33)27(28(34)31-29)37-26-10-5-4-8-23(26)30/h4-13,15,18,27H,14,16-17,19H2,1-3H3,(H,31,34). The zero-order chi connectivity index (χ0) is 26.9. The number of nitrogens with one attached hydrogen (secondary N) is 1. The molecule has 2 atom stereocenters. The van der Waals surface area contributed by atoms with Crippen LogP contribution in [0.25, 0.3) is 10.9 Å². The molecule has 3 heterocycles. The fourth-order valence-corrected chi connectivity index (χ4v) is 7.58. The summed E-state index contributed by atoms with van der Waals surface area (Å²) in [6.07, 6.45) is 2.18. The van der Waals surface area contributed by atoms with Crippen LogP contribution in [0, 0.1) is 0 Å². The van der Waals surface area contributed by atoms with E-state index in [1.54, 1.807) is 17.4 Å². The van der Waals surface area contributed by atoms with Crippen molar-refractivity contribution in [1.29, 1.82) is 0 Å². The number of hydrogen-bond acceptors (Lipinski definition) is 5. The van der Waals surface area contributed by atoms with Gasteiger partial charge in [-0.1, -0.05) is 55.5 Å². The summed E-state index contributed by atoms with van der Waals surface area (Å²) in [6, 6.07) is 18.5. The lowest BCUT2D eigenvalue weighted by Gasteiger charge is -2.40. The molecule has 2 unspecified atom stereocenters. The van der Waals surface area contributed by atoms with Gasteiger partial charge in [0.05, 0.1) is 16.1 Å². The number of ether oxygens (including phenoxy) is 1. The van der Waals surface area contributed by atoms with E-state index in [0.29, 0.717) is 11.8 Å². The van der Waals surface area contributed by atoms with Crippen LogP contribution in [0.1, 0.15) is 17.5 Å². The minimum Gasteiger partial charge on any atom is -0.361 e. The van der Waals surface area contributed by atoms with Crippen molar-refractivity contribution in [2.24, 2.45) is 0 Å². The lowest BCUT2D eigenvalue weighted by atomic mass is 9.76. The van der Waals surface area contributed by atoms with E-state index >= 15 is 0 Å². The number of halogens is 1. The van der Waals surface area contributed by atoms with Gasteiger partial charge in [0.25, 0.3) is 0 Å². The Morgan fingerprint density at radius 3 is 2.66 bits per heavy atom. The molecular formula is C29H31ClN2O3S2Si. The van der Waals surface area contributed by atoms with Crippen molar-refractivity contribution in [3.05, 3.63) is 87.7 Å². The summed E-state index contributed by atoms with van der Waals surface area (Å²) >= 11 is 9.10. The maximum absolute atomic E-state index is 13.7. The van der Waals surface area contributed by atoms with Crippen molar-refractivity contribution in [3.63, 3.8) is 0 Å². The molecule has 2 aromatic carbocycles. The van der Waals surface area contributed by atoms with E-state index in [4.69, 9.17) is 16.3 Å². The molecule has 38 heavy (non-hydrogen) atoms. The molecule has 1 amide bonds. The van der Waals surface area contributed by atoms with Gasteiger partial charge in [-0.05, 0) is 58.3 Å². The number of piperidine rings is 1. The lowest BCUT2D eigenvalue weighted by molar-refractivity contribution is -0.132. The minimum absolute atomic E-state index is 0.115. The Morgan fingerprint density at radius 2 is 1.95 bits per heavy atom. The molecule has 0 radical (unpaired) electrons. The second-order valence-corrected chi connectivity index (χ2v) is 18.8. The first-order valence-corrected chi connectivity index (χ1v) is 18.5.